The molecule has 22 heavy (non-hydrogen) atoms. The SMILES string of the molecule is CCOC(=O)c1c(C)[nH]c(C(=O)C(N)C(=O)OCC)c1C.Cl. The standard InChI is InChI=1S/C14H20N2O5.ClH/c1-5-20-13(18)9-7(3)11(16-8(9)4)12(17)10(15)14(19)21-6-2;/h10,16H,5-6,15H2,1-4H3;1H. The summed E-state index contributed by atoms with van der Waals surface area (Å²) in [5, 5.41) is 0. The highest BCUT2D eigenvalue weighted by molar-refractivity contribution is 6.13. The molecule has 0 aromatic carbocycles. The summed E-state index contributed by atoms with van der Waals surface area (Å²) in [4.78, 5) is 38.4. The van der Waals surface area contributed by atoms with E-state index in [4.69, 9.17) is 15.2 Å². The van der Waals surface area contributed by atoms with Gasteiger partial charge in [-0.25, -0.2) is 9.59 Å². The average Bonchev–Trinajstić information content (AvgIpc) is 2.72. The van der Waals surface area contributed by atoms with Gasteiger partial charge >= 0.3 is 11.9 Å². The van der Waals surface area contributed by atoms with Crippen molar-refractivity contribution < 1.29 is 23.9 Å². The molecule has 0 saturated carbocycles. The van der Waals surface area contributed by atoms with Gasteiger partial charge in [-0.3, -0.25) is 4.79 Å². The van der Waals surface area contributed by atoms with Crippen molar-refractivity contribution in [3.05, 3.63) is 22.5 Å². The largest absolute Gasteiger partial charge is 0.464 e. The number of H-pyrrole nitrogens is 1. The van der Waals surface area contributed by atoms with Crippen LogP contribution in [0.1, 0.15) is 46.0 Å². The summed E-state index contributed by atoms with van der Waals surface area (Å²) in [6.07, 6.45) is 0. The summed E-state index contributed by atoms with van der Waals surface area (Å²) in [5.41, 5.74) is 6.89. The van der Waals surface area contributed by atoms with Crippen LogP contribution in [0.4, 0.5) is 0 Å². The molecular formula is C14H21ClN2O5. The number of halogens is 1. The molecule has 0 amide bonds. The van der Waals surface area contributed by atoms with Crippen molar-refractivity contribution in [1.82, 2.24) is 4.98 Å². The molecule has 0 radical (unpaired) electrons. The van der Waals surface area contributed by atoms with Gasteiger partial charge < -0.3 is 20.2 Å². The highest BCUT2D eigenvalue weighted by Gasteiger charge is 2.30. The minimum atomic E-state index is -1.42. The minimum Gasteiger partial charge on any atom is -0.464 e. The molecule has 0 saturated heterocycles. The molecule has 1 aromatic heterocycles. The highest BCUT2D eigenvalue weighted by Crippen LogP contribution is 2.20. The Labute approximate surface area is 134 Å². The maximum Gasteiger partial charge on any atom is 0.340 e. The van der Waals surface area contributed by atoms with Gasteiger partial charge in [-0.1, -0.05) is 0 Å². The first-order chi connectivity index (χ1) is 9.84. The Kier molecular flexibility index (Phi) is 7.83. The number of hydrogen-bond donors (Lipinski definition) is 2. The molecule has 1 aromatic rings. The molecule has 0 bridgehead atoms. The zero-order valence-corrected chi connectivity index (χ0v) is 13.8. The number of esters is 2. The molecule has 1 unspecified atom stereocenters. The smallest absolute Gasteiger partial charge is 0.340 e. The molecule has 0 fully saturated rings. The van der Waals surface area contributed by atoms with E-state index < -0.39 is 23.8 Å². The van der Waals surface area contributed by atoms with Crippen molar-refractivity contribution in [2.45, 2.75) is 33.7 Å². The molecule has 0 aliphatic carbocycles. The van der Waals surface area contributed by atoms with E-state index in [9.17, 15) is 14.4 Å². The van der Waals surface area contributed by atoms with Gasteiger partial charge in [0.15, 0.2) is 6.04 Å². The number of carbonyl (C=O) groups is 3. The third-order valence-corrected chi connectivity index (χ3v) is 2.99. The molecule has 0 spiro atoms. The molecule has 3 N–H and O–H groups in total. The molecule has 1 rings (SSSR count). The Morgan fingerprint density at radius 3 is 2.18 bits per heavy atom. The lowest BCUT2D eigenvalue weighted by Crippen LogP contribution is -2.40. The number of aromatic amines is 1. The van der Waals surface area contributed by atoms with E-state index in [0.29, 0.717) is 11.3 Å². The van der Waals surface area contributed by atoms with Crippen LogP contribution in [0.5, 0.6) is 0 Å². The van der Waals surface area contributed by atoms with Gasteiger partial charge in [-0.05, 0) is 33.3 Å². The van der Waals surface area contributed by atoms with Crippen molar-refractivity contribution in [3.63, 3.8) is 0 Å². The van der Waals surface area contributed by atoms with Crippen LogP contribution in [-0.4, -0.2) is 42.0 Å². The lowest BCUT2D eigenvalue weighted by atomic mass is 10.0. The number of ketones is 1. The van der Waals surface area contributed by atoms with E-state index in [1.165, 1.54) is 0 Å². The average molecular weight is 333 g/mol. The Hall–Kier alpha value is -1.86. The summed E-state index contributed by atoms with van der Waals surface area (Å²) in [5.74, 6) is -1.94. The Bertz CT molecular complexity index is 568. The van der Waals surface area contributed by atoms with Crippen LogP contribution in [0.3, 0.4) is 0 Å². The molecule has 1 atom stereocenters. The first-order valence-corrected chi connectivity index (χ1v) is 6.67. The number of aromatic nitrogens is 1. The van der Waals surface area contributed by atoms with Crippen LogP contribution >= 0.6 is 12.4 Å². The highest BCUT2D eigenvalue weighted by atomic mass is 35.5. The zero-order chi connectivity index (χ0) is 16.2. The molecule has 1 heterocycles. The van der Waals surface area contributed by atoms with Gasteiger partial charge in [-0.15, -0.1) is 12.4 Å². The molecule has 8 heteroatoms. The van der Waals surface area contributed by atoms with E-state index >= 15 is 0 Å². The number of Topliss-reactive ketones (excluding diaryl/α,β-unsaturated/α-hetero) is 1. The van der Waals surface area contributed by atoms with E-state index in [1.807, 2.05) is 0 Å². The monoisotopic (exact) mass is 332 g/mol. The van der Waals surface area contributed by atoms with E-state index in [0.717, 1.165) is 0 Å². The van der Waals surface area contributed by atoms with Crippen molar-refractivity contribution in [1.29, 1.82) is 0 Å². The van der Waals surface area contributed by atoms with Crippen LogP contribution in [0, 0.1) is 13.8 Å². The van der Waals surface area contributed by atoms with Crippen molar-refractivity contribution in [2.24, 2.45) is 5.73 Å². The fraction of sp³-hybridized carbons (Fsp3) is 0.500. The normalized spacial score (nSPS) is 11.3. The van der Waals surface area contributed by atoms with Gasteiger partial charge in [0.05, 0.1) is 24.5 Å². The van der Waals surface area contributed by atoms with Gasteiger partial charge in [-0.2, -0.15) is 0 Å². The second-order valence-corrected chi connectivity index (χ2v) is 4.44. The summed E-state index contributed by atoms with van der Waals surface area (Å²) in [7, 11) is 0. The number of carbonyl (C=O) groups excluding carboxylic acids is 3. The second kappa shape index (κ2) is 8.55. The molecule has 7 nitrogen and oxygen atoms in total. The van der Waals surface area contributed by atoms with Crippen LogP contribution in [0.15, 0.2) is 0 Å². The van der Waals surface area contributed by atoms with Gasteiger partial charge in [0.1, 0.15) is 0 Å². The van der Waals surface area contributed by atoms with Crippen LogP contribution < -0.4 is 5.73 Å². The predicted octanol–water partition coefficient (Wildman–Crippen LogP) is 1.30. The maximum atomic E-state index is 12.2. The number of nitrogens with two attached hydrogens (primary N) is 1. The summed E-state index contributed by atoms with van der Waals surface area (Å²) < 4.78 is 9.65. The van der Waals surface area contributed by atoms with Crippen molar-refractivity contribution in [2.75, 3.05) is 13.2 Å². The van der Waals surface area contributed by atoms with Crippen LogP contribution in [-0.2, 0) is 14.3 Å². The maximum absolute atomic E-state index is 12.2. The third kappa shape index (κ3) is 4.08. The zero-order valence-electron chi connectivity index (χ0n) is 13.0. The van der Waals surface area contributed by atoms with Crippen LogP contribution in [0.25, 0.3) is 0 Å². The second-order valence-electron chi connectivity index (χ2n) is 4.44. The fourth-order valence-corrected chi connectivity index (χ4v) is 2.00. The molecule has 0 aliphatic heterocycles. The predicted molar refractivity (Wildman–Crippen MR) is 82.4 cm³/mol. The number of aryl methyl sites for hydroxylation is 1. The topological polar surface area (TPSA) is 111 Å². The van der Waals surface area contributed by atoms with Gasteiger partial charge in [0.25, 0.3) is 0 Å². The Balaban J connectivity index is 0.00000441. The Morgan fingerprint density at radius 1 is 1.14 bits per heavy atom. The third-order valence-electron chi connectivity index (χ3n) is 2.99. The summed E-state index contributed by atoms with van der Waals surface area (Å²) in [6, 6.07) is -1.42. The lowest BCUT2D eigenvalue weighted by Gasteiger charge is -2.09. The number of hydrogen-bond acceptors (Lipinski definition) is 6. The van der Waals surface area contributed by atoms with Crippen molar-refractivity contribution in [3.8, 4) is 0 Å². The quantitative estimate of drug-likeness (QED) is 0.461. The van der Waals surface area contributed by atoms with Gasteiger partial charge in [0.2, 0.25) is 5.78 Å². The number of ether oxygens (including phenoxy) is 2. The first-order valence-electron chi connectivity index (χ1n) is 6.67. The first kappa shape index (κ1) is 20.1. The number of rotatable bonds is 6. The summed E-state index contributed by atoms with van der Waals surface area (Å²) in [6.45, 7) is 6.92. The number of nitrogens with one attached hydrogen (secondary N) is 1. The van der Waals surface area contributed by atoms with E-state index in [1.54, 1.807) is 27.7 Å². The fourth-order valence-electron chi connectivity index (χ4n) is 2.00. The van der Waals surface area contributed by atoms with Crippen LogP contribution in [0.2, 0.25) is 0 Å². The van der Waals surface area contributed by atoms with Gasteiger partial charge in [0, 0.05) is 5.69 Å². The molecular weight excluding hydrogens is 312 g/mol. The van der Waals surface area contributed by atoms with Crippen molar-refractivity contribution >= 4 is 30.1 Å². The summed E-state index contributed by atoms with van der Waals surface area (Å²) >= 11 is 0. The molecule has 0 aliphatic rings. The van der Waals surface area contributed by atoms with E-state index in [2.05, 4.69) is 4.98 Å². The lowest BCUT2D eigenvalue weighted by molar-refractivity contribution is -0.143. The van der Waals surface area contributed by atoms with E-state index in [-0.39, 0.29) is 36.9 Å². The molecule has 124 valence electrons. The minimum absolute atomic E-state index is 0. The Morgan fingerprint density at radius 2 is 1.68 bits per heavy atom.